The Kier molecular flexibility index (Phi) is 8.46. The summed E-state index contributed by atoms with van der Waals surface area (Å²) in [4.78, 5) is 0. The van der Waals surface area contributed by atoms with Gasteiger partial charge in [0.2, 0.25) is 0 Å². The number of nitrogens with one attached hydrogen (secondary N) is 1. The van der Waals surface area contributed by atoms with Gasteiger partial charge in [0.15, 0.2) is 0 Å². The van der Waals surface area contributed by atoms with Crippen molar-refractivity contribution < 1.29 is 4.74 Å². The van der Waals surface area contributed by atoms with Gasteiger partial charge in [-0.2, -0.15) is 0 Å². The number of hydrogen-bond donors (Lipinski definition) is 1. The van der Waals surface area contributed by atoms with Gasteiger partial charge in [-0.1, -0.05) is 25.4 Å². The molecule has 0 aromatic heterocycles. The van der Waals surface area contributed by atoms with Crippen LogP contribution in [0.2, 0.25) is 5.02 Å². The molecule has 1 aliphatic rings. The lowest BCUT2D eigenvalue weighted by Crippen LogP contribution is -2.30. The van der Waals surface area contributed by atoms with Crippen molar-refractivity contribution in [2.45, 2.75) is 45.4 Å². The van der Waals surface area contributed by atoms with E-state index in [9.17, 15) is 0 Å². The van der Waals surface area contributed by atoms with Crippen LogP contribution in [0.25, 0.3) is 0 Å². The first-order valence-corrected chi connectivity index (χ1v) is 8.21. The molecule has 0 bridgehead atoms. The molecule has 2 nitrogen and oxygen atoms in total. The molecule has 1 heterocycles. The first-order valence-electron chi connectivity index (χ1n) is 7.83. The van der Waals surface area contributed by atoms with Gasteiger partial charge in [0.25, 0.3) is 0 Å². The van der Waals surface area contributed by atoms with E-state index >= 15 is 0 Å². The minimum atomic E-state index is 0. The fraction of sp³-hybridized carbons (Fsp3) is 0.647. The average molecular weight is 332 g/mol. The lowest BCUT2D eigenvalue weighted by atomic mass is 9.96. The summed E-state index contributed by atoms with van der Waals surface area (Å²) in [7, 11) is 0. The Morgan fingerprint density at radius 1 is 1.43 bits per heavy atom. The zero-order valence-corrected chi connectivity index (χ0v) is 14.6. The van der Waals surface area contributed by atoms with E-state index in [0.29, 0.717) is 5.92 Å². The van der Waals surface area contributed by atoms with Gasteiger partial charge in [-0.3, -0.25) is 0 Å². The second-order valence-corrected chi connectivity index (χ2v) is 6.28. The highest BCUT2D eigenvalue weighted by Crippen LogP contribution is 2.31. The number of piperidine rings is 1. The van der Waals surface area contributed by atoms with Crippen LogP contribution in [0, 0.1) is 5.92 Å². The van der Waals surface area contributed by atoms with E-state index in [2.05, 4.69) is 19.2 Å². The molecule has 120 valence electrons. The molecule has 1 fully saturated rings. The zero-order valence-electron chi connectivity index (χ0n) is 13.0. The van der Waals surface area contributed by atoms with Crippen molar-refractivity contribution in [1.29, 1.82) is 0 Å². The molecule has 1 N–H and O–H groups in total. The minimum Gasteiger partial charge on any atom is -0.493 e. The van der Waals surface area contributed by atoms with Crippen LogP contribution >= 0.6 is 24.0 Å². The quantitative estimate of drug-likeness (QED) is 0.788. The molecule has 0 amide bonds. The monoisotopic (exact) mass is 331 g/mol. The Labute approximate surface area is 140 Å². The van der Waals surface area contributed by atoms with Crippen LogP contribution < -0.4 is 10.1 Å². The smallest absolute Gasteiger partial charge is 0.122 e. The summed E-state index contributed by atoms with van der Waals surface area (Å²) in [5.74, 6) is 2.26. The number of ether oxygens (including phenoxy) is 1. The van der Waals surface area contributed by atoms with E-state index in [4.69, 9.17) is 16.3 Å². The van der Waals surface area contributed by atoms with Crippen LogP contribution in [-0.4, -0.2) is 19.7 Å². The van der Waals surface area contributed by atoms with E-state index in [0.717, 1.165) is 42.7 Å². The third kappa shape index (κ3) is 5.69. The van der Waals surface area contributed by atoms with Crippen LogP contribution in [0.1, 0.15) is 51.0 Å². The number of hydrogen-bond acceptors (Lipinski definition) is 2. The normalized spacial score (nSPS) is 19.7. The third-order valence-electron chi connectivity index (χ3n) is 4.30. The molecule has 0 aliphatic carbocycles. The van der Waals surface area contributed by atoms with Crippen LogP contribution in [0.4, 0.5) is 0 Å². The fourth-order valence-electron chi connectivity index (χ4n) is 2.76. The summed E-state index contributed by atoms with van der Waals surface area (Å²) in [5.41, 5.74) is 1.24. The van der Waals surface area contributed by atoms with E-state index < -0.39 is 0 Å². The summed E-state index contributed by atoms with van der Waals surface area (Å²) in [6.07, 6.45) is 4.86. The summed E-state index contributed by atoms with van der Waals surface area (Å²) in [6, 6.07) is 5.99. The highest BCUT2D eigenvalue weighted by atomic mass is 35.5. The second-order valence-electron chi connectivity index (χ2n) is 5.84. The Hall–Kier alpha value is -0.440. The first-order chi connectivity index (χ1) is 9.70. The lowest BCUT2D eigenvalue weighted by molar-refractivity contribution is 0.251. The van der Waals surface area contributed by atoms with Crippen molar-refractivity contribution in [2.24, 2.45) is 5.92 Å². The number of halogens is 2. The maximum absolute atomic E-state index is 6.11. The summed E-state index contributed by atoms with van der Waals surface area (Å²) >= 11 is 6.11. The van der Waals surface area contributed by atoms with Crippen molar-refractivity contribution in [3.05, 3.63) is 28.8 Å². The predicted octanol–water partition coefficient (Wildman–Crippen LogP) is 5.04. The highest BCUT2D eigenvalue weighted by Gasteiger charge is 2.14. The van der Waals surface area contributed by atoms with Gasteiger partial charge >= 0.3 is 0 Å². The Bertz CT molecular complexity index is 419. The first kappa shape index (κ1) is 18.6. The van der Waals surface area contributed by atoms with Gasteiger partial charge in [0.1, 0.15) is 5.75 Å². The van der Waals surface area contributed by atoms with Gasteiger partial charge in [-0.05, 0) is 74.4 Å². The molecule has 1 saturated heterocycles. The van der Waals surface area contributed by atoms with Crippen molar-refractivity contribution >= 4 is 24.0 Å². The molecule has 1 aliphatic heterocycles. The second kappa shape index (κ2) is 9.55. The third-order valence-corrected chi connectivity index (χ3v) is 4.53. The summed E-state index contributed by atoms with van der Waals surface area (Å²) in [5, 5.41) is 4.25. The van der Waals surface area contributed by atoms with Gasteiger partial charge in [-0.25, -0.2) is 0 Å². The molecule has 0 saturated carbocycles. The molecule has 1 aromatic rings. The summed E-state index contributed by atoms with van der Waals surface area (Å²) in [6.45, 7) is 7.54. The maximum atomic E-state index is 6.11. The van der Waals surface area contributed by atoms with Gasteiger partial charge < -0.3 is 10.1 Å². The van der Waals surface area contributed by atoms with Crippen LogP contribution in [0.15, 0.2) is 18.2 Å². The molecule has 0 radical (unpaired) electrons. The van der Waals surface area contributed by atoms with Gasteiger partial charge in [0.05, 0.1) is 6.61 Å². The molecule has 2 unspecified atom stereocenters. The predicted molar refractivity (Wildman–Crippen MR) is 93.1 cm³/mol. The molecule has 2 atom stereocenters. The average Bonchev–Trinajstić information content (AvgIpc) is 2.49. The topological polar surface area (TPSA) is 21.3 Å². The molecular formula is C17H27Cl2NO. The van der Waals surface area contributed by atoms with E-state index in [1.165, 1.54) is 24.9 Å². The van der Waals surface area contributed by atoms with Crippen LogP contribution in [-0.2, 0) is 0 Å². The maximum Gasteiger partial charge on any atom is 0.122 e. The number of rotatable bonds is 6. The van der Waals surface area contributed by atoms with Crippen molar-refractivity contribution in [2.75, 3.05) is 19.7 Å². The van der Waals surface area contributed by atoms with Crippen LogP contribution in [0.3, 0.4) is 0 Å². The summed E-state index contributed by atoms with van der Waals surface area (Å²) < 4.78 is 6.03. The molecule has 1 aromatic carbocycles. The Balaban J connectivity index is 0.00000220. The fourth-order valence-corrected chi connectivity index (χ4v) is 2.94. The van der Waals surface area contributed by atoms with E-state index in [1.807, 2.05) is 18.2 Å². The Morgan fingerprint density at radius 3 is 2.90 bits per heavy atom. The highest BCUT2D eigenvalue weighted by molar-refractivity contribution is 6.30. The SMILES string of the molecule is CCC(C)c1cc(Cl)ccc1OCCC1CCCNC1.Cl. The van der Waals surface area contributed by atoms with Crippen LogP contribution in [0.5, 0.6) is 5.75 Å². The molecule has 0 spiro atoms. The zero-order chi connectivity index (χ0) is 14.4. The Morgan fingerprint density at radius 2 is 2.24 bits per heavy atom. The minimum absolute atomic E-state index is 0. The number of benzene rings is 1. The van der Waals surface area contributed by atoms with E-state index in [-0.39, 0.29) is 12.4 Å². The molecular weight excluding hydrogens is 305 g/mol. The van der Waals surface area contributed by atoms with E-state index in [1.54, 1.807) is 0 Å². The van der Waals surface area contributed by atoms with Crippen molar-refractivity contribution in [1.82, 2.24) is 5.32 Å². The molecule has 2 rings (SSSR count). The van der Waals surface area contributed by atoms with Crippen molar-refractivity contribution in [3.63, 3.8) is 0 Å². The van der Waals surface area contributed by atoms with Gasteiger partial charge in [0, 0.05) is 5.02 Å². The lowest BCUT2D eigenvalue weighted by Gasteiger charge is -2.23. The standard InChI is InChI=1S/C17H26ClNO.ClH/c1-3-13(2)16-11-15(18)6-7-17(16)20-10-8-14-5-4-9-19-12-14;/h6-7,11,13-14,19H,3-5,8-10,12H2,1-2H3;1H. The van der Waals surface area contributed by atoms with Gasteiger partial charge in [-0.15, -0.1) is 12.4 Å². The molecule has 4 heteroatoms. The van der Waals surface area contributed by atoms with Crippen molar-refractivity contribution in [3.8, 4) is 5.75 Å². The largest absolute Gasteiger partial charge is 0.493 e. The molecule has 21 heavy (non-hydrogen) atoms.